The molecule has 0 aliphatic heterocycles. The van der Waals surface area contributed by atoms with E-state index in [-0.39, 0.29) is 0 Å². The van der Waals surface area contributed by atoms with Gasteiger partial charge in [0.2, 0.25) is 0 Å². The number of hydrogen-bond acceptors (Lipinski definition) is 2. The molecule has 1 heterocycles. The van der Waals surface area contributed by atoms with Gasteiger partial charge in [-0.2, -0.15) is 5.10 Å². The van der Waals surface area contributed by atoms with E-state index in [9.17, 15) is 4.79 Å². The van der Waals surface area contributed by atoms with E-state index in [0.717, 1.165) is 48.5 Å². The van der Waals surface area contributed by atoms with Crippen LogP contribution in [0.3, 0.4) is 0 Å². The van der Waals surface area contributed by atoms with E-state index in [1.165, 1.54) is 0 Å². The molecule has 0 bridgehead atoms. The summed E-state index contributed by atoms with van der Waals surface area (Å²) in [5.41, 5.74) is 2.00. The van der Waals surface area contributed by atoms with Gasteiger partial charge >= 0.3 is 0 Å². The third-order valence-electron chi connectivity index (χ3n) is 3.41. The number of Topliss-reactive ketones (excluding diaryl/α,β-unsaturated/α-hetero) is 1. The fourth-order valence-corrected chi connectivity index (χ4v) is 2.62. The van der Waals surface area contributed by atoms with Crippen molar-refractivity contribution in [1.29, 1.82) is 0 Å². The Balaban J connectivity index is 2.06. The first-order chi connectivity index (χ1) is 7.58. The predicted molar refractivity (Wildman–Crippen MR) is 63.6 cm³/mol. The topological polar surface area (TPSA) is 34.9 Å². The van der Waals surface area contributed by atoms with E-state index in [0.29, 0.717) is 11.7 Å². The van der Waals surface area contributed by atoms with Crippen LogP contribution in [0.4, 0.5) is 0 Å². The molecule has 3 nitrogen and oxygen atoms in total. The third-order valence-corrected chi connectivity index (χ3v) is 3.90. The van der Waals surface area contributed by atoms with Crippen LogP contribution in [0, 0.1) is 12.8 Å². The number of ketones is 1. The molecular weight excluding hydrogens is 224 g/mol. The van der Waals surface area contributed by atoms with Crippen molar-refractivity contribution in [3.63, 3.8) is 0 Å². The Bertz CT molecular complexity index is 401. The van der Waals surface area contributed by atoms with Gasteiger partial charge < -0.3 is 0 Å². The first-order valence-corrected chi connectivity index (χ1v) is 6.15. The Hall–Kier alpha value is -0.830. The summed E-state index contributed by atoms with van der Waals surface area (Å²) in [6.07, 6.45) is 4.42. The van der Waals surface area contributed by atoms with Crippen LogP contribution in [-0.4, -0.2) is 15.6 Å². The monoisotopic (exact) mass is 240 g/mol. The highest BCUT2D eigenvalue weighted by atomic mass is 35.5. The lowest BCUT2D eigenvalue weighted by molar-refractivity contribution is -0.121. The summed E-state index contributed by atoms with van der Waals surface area (Å²) in [5.74, 6) is 0.994. The van der Waals surface area contributed by atoms with Gasteiger partial charge in [-0.3, -0.25) is 9.48 Å². The maximum absolute atomic E-state index is 11.2. The molecule has 0 unspecified atom stereocenters. The molecule has 4 heteroatoms. The second-order valence-electron chi connectivity index (χ2n) is 4.66. The maximum Gasteiger partial charge on any atom is 0.132 e. The van der Waals surface area contributed by atoms with E-state index in [4.69, 9.17) is 11.6 Å². The van der Waals surface area contributed by atoms with Gasteiger partial charge in [0.25, 0.3) is 0 Å². The third kappa shape index (κ3) is 2.29. The first-order valence-electron chi connectivity index (χ1n) is 5.77. The normalized spacial score (nSPS) is 18.1. The fourth-order valence-electron chi connectivity index (χ4n) is 2.38. The highest BCUT2D eigenvalue weighted by Gasteiger charge is 2.22. The van der Waals surface area contributed by atoms with Gasteiger partial charge in [-0.1, -0.05) is 11.6 Å². The van der Waals surface area contributed by atoms with Gasteiger partial charge in [-0.25, -0.2) is 0 Å². The lowest BCUT2D eigenvalue weighted by Crippen LogP contribution is -2.17. The average molecular weight is 241 g/mol. The van der Waals surface area contributed by atoms with Crippen LogP contribution in [0.25, 0.3) is 0 Å². The summed E-state index contributed by atoms with van der Waals surface area (Å²) in [6.45, 7) is 1.93. The summed E-state index contributed by atoms with van der Waals surface area (Å²) in [5, 5.41) is 5.10. The van der Waals surface area contributed by atoms with Crippen LogP contribution in [0.1, 0.15) is 37.1 Å². The molecule has 0 spiro atoms. The number of hydrogen-bond donors (Lipinski definition) is 0. The van der Waals surface area contributed by atoms with Gasteiger partial charge in [0.15, 0.2) is 0 Å². The van der Waals surface area contributed by atoms with Crippen molar-refractivity contribution in [2.45, 2.75) is 39.0 Å². The second-order valence-corrected chi connectivity index (χ2v) is 5.03. The molecule has 1 aromatic rings. The van der Waals surface area contributed by atoms with Gasteiger partial charge in [-0.15, -0.1) is 0 Å². The van der Waals surface area contributed by atoms with E-state index in [1.54, 1.807) is 0 Å². The van der Waals surface area contributed by atoms with E-state index >= 15 is 0 Å². The molecule has 2 rings (SSSR count). The quantitative estimate of drug-likeness (QED) is 0.797. The first kappa shape index (κ1) is 11.6. The number of rotatable bonds is 2. The number of halogens is 1. The number of carbonyl (C=O) groups is 1. The largest absolute Gasteiger partial charge is 0.300 e. The van der Waals surface area contributed by atoms with Gasteiger partial charge in [0, 0.05) is 19.9 Å². The van der Waals surface area contributed by atoms with Gasteiger partial charge in [0.05, 0.1) is 16.4 Å². The molecule has 1 saturated carbocycles. The minimum Gasteiger partial charge on any atom is -0.300 e. The number of carbonyl (C=O) groups excluding carboxylic acids is 1. The zero-order chi connectivity index (χ0) is 11.7. The molecule has 0 aromatic carbocycles. The van der Waals surface area contributed by atoms with Crippen molar-refractivity contribution in [2.24, 2.45) is 13.0 Å². The molecule has 0 amide bonds. The van der Waals surface area contributed by atoms with Crippen molar-refractivity contribution in [2.75, 3.05) is 0 Å². The minimum atomic E-state index is 0.406. The summed E-state index contributed by atoms with van der Waals surface area (Å²) >= 11 is 6.21. The highest BCUT2D eigenvalue weighted by Crippen LogP contribution is 2.28. The maximum atomic E-state index is 11.2. The molecule has 0 N–H and O–H groups in total. The predicted octanol–water partition coefficient (Wildman–Crippen LogP) is 2.68. The molecule has 88 valence electrons. The van der Waals surface area contributed by atoms with Crippen molar-refractivity contribution in [3.8, 4) is 0 Å². The van der Waals surface area contributed by atoms with Crippen molar-refractivity contribution >= 4 is 17.4 Å². The van der Waals surface area contributed by atoms with Crippen LogP contribution in [0.15, 0.2) is 0 Å². The van der Waals surface area contributed by atoms with Crippen LogP contribution in [0.2, 0.25) is 5.02 Å². The van der Waals surface area contributed by atoms with Crippen molar-refractivity contribution in [3.05, 3.63) is 16.4 Å². The Morgan fingerprint density at radius 1 is 1.44 bits per heavy atom. The summed E-state index contributed by atoms with van der Waals surface area (Å²) in [6, 6.07) is 0. The standard InChI is InChI=1S/C12H17ClN2O/c1-8-12(13)11(15(2)14-8)7-9-3-5-10(16)6-4-9/h9H,3-7H2,1-2H3. The Kier molecular flexibility index (Phi) is 3.33. The van der Waals surface area contributed by atoms with E-state index in [2.05, 4.69) is 5.10 Å². The second kappa shape index (κ2) is 4.58. The summed E-state index contributed by atoms with van der Waals surface area (Å²) < 4.78 is 1.87. The molecule has 1 aliphatic carbocycles. The van der Waals surface area contributed by atoms with E-state index in [1.807, 2.05) is 18.7 Å². The lowest BCUT2D eigenvalue weighted by Gasteiger charge is -2.20. The number of aromatic nitrogens is 2. The SMILES string of the molecule is Cc1nn(C)c(CC2CCC(=O)CC2)c1Cl. The molecule has 1 fully saturated rings. The Morgan fingerprint density at radius 3 is 2.56 bits per heavy atom. The summed E-state index contributed by atoms with van der Waals surface area (Å²) in [4.78, 5) is 11.2. The molecule has 0 atom stereocenters. The zero-order valence-electron chi connectivity index (χ0n) is 9.79. The molecule has 16 heavy (non-hydrogen) atoms. The Labute approximate surface area is 101 Å². The lowest BCUT2D eigenvalue weighted by atomic mass is 9.85. The van der Waals surface area contributed by atoms with E-state index < -0.39 is 0 Å². The van der Waals surface area contributed by atoms with Crippen LogP contribution in [-0.2, 0) is 18.3 Å². The molecule has 0 radical (unpaired) electrons. The Morgan fingerprint density at radius 2 is 2.06 bits per heavy atom. The molecule has 1 aromatic heterocycles. The molecule has 1 aliphatic rings. The zero-order valence-corrected chi connectivity index (χ0v) is 10.5. The van der Waals surface area contributed by atoms with Crippen molar-refractivity contribution < 1.29 is 4.79 Å². The highest BCUT2D eigenvalue weighted by molar-refractivity contribution is 6.31. The van der Waals surface area contributed by atoms with Gasteiger partial charge in [-0.05, 0) is 32.1 Å². The van der Waals surface area contributed by atoms with Crippen LogP contribution in [0.5, 0.6) is 0 Å². The molecule has 0 saturated heterocycles. The minimum absolute atomic E-state index is 0.406. The van der Waals surface area contributed by atoms with Crippen LogP contribution < -0.4 is 0 Å². The van der Waals surface area contributed by atoms with Crippen molar-refractivity contribution in [1.82, 2.24) is 9.78 Å². The fraction of sp³-hybridized carbons (Fsp3) is 0.667. The number of nitrogens with zero attached hydrogens (tertiary/aromatic N) is 2. The van der Waals surface area contributed by atoms with Gasteiger partial charge in [0.1, 0.15) is 5.78 Å². The number of aryl methyl sites for hydroxylation is 2. The summed E-state index contributed by atoms with van der Waals surface area (Å²) in [7, 11) is 1.93. The smallest absolute Gasteiger partial charge is 0.132 e. The van der Waals surface area contributed by atoms with Crippen LogP contribution >= 0.6 is 11.6 Å². The molecular formula is C12H17ClN2O. The average Bonchev–Trinajstić information content (AvgIpc) is 2.48.